The molecule has 3 heteroatoms. The van der Waals surface area contributed by atoms with Crippen LogP contribution in [0.1, 0.15) is 38.8 Å². The maximum atomic E-state index is 6.04. The van der Waals surface area contributed by atoms with Gasteiger partial charge >= 0.3 is 0 Å². The van der Waals surface area contributed by atoms with Crippen LogP contribution in [0.15, 0.2) is 23.1 Å². The molecule has 1 unspecified atom stereocenters. The third kappa shape index (κ3) is 3.93. The first-order valence-corrected chi connectivity index (χ1v) is 7.14. The Kier molecular flexibility index (Phi) is 5.86. The van der Waals surface area contributed by atoms with Crippen LogP contribution in [-0.4, -0.2) is 12.9 Å². The van der Waals surface area contributed by atoms with Crippen LogP contribution in [0.2, 0.25) is 0 Å². The van der Waals surface area contributed by atoms with E-state index in [4.69, 9.17) is 10.5 Å². The molecule has 0 heterocycles. The van der Waals surface area contributed by atoms with Gasteiger partial charge in [0.15, 0.2) is 0 Å². The smallest absolute Gasteiger partial charge is 0.124 e. The first-order chi connectivity index (χ1) is 8.10. The first-order valence-electron chi connectivity index (χ1n) is 6.15. The first kappa shape index (κ1) is 14.4. The minimum absolute atomic E-state index is 0.00517. The SMILES string of the molecule is CCC(C)CSc1cccc(OC)c1[C@@H](C)N. The molecular formula is C14H23NOS. The van der Waals surface area contributed by atoms with Gasteiger partial charge in [-0.25, -0.2) is 0 Å². The van der Waals surface area contributed by atoms with Crippen molar-refractivity contribution in [1.29, 1.82) is 0 Å². The molecule has 1 aromatic rings. The van der Waals surface area contributed by atoms with Crippen molar-refractivity contribution in [3.05, 3.63) is 23.8 Å². The Morgan fingerprint density at radius 2 is 2.06 bits per heavy atom. The van der Waals surface area contributed by atoms with Gasteiger partial charge in [-0.05, 0) is 25.0 Å². The number of nitrogens with two attached hydrogens (primary N) is 1. The summed E-state index contributed by atoms with van der Waals surface area (Å²) in [5.41, 5.74) is 7.16. The summed E-state index contributed by atoms with van der Waals surface area (Å²) >= 11 is 1.88. The fraction of sp³-hybridized carbons (Fsp3) is 0.571. The molecule has 96 valence electrons. The van der Waals surface area contributed by atoms with E-state index in [2.05, 4.69) is 19.9 Å². The summed E-state index contributed by atoms with van der Waals surface area (Å²) in [5.74, 6) is 2.75. The molecule has 0 bridgehead atoms. The highest BCUT2D eigenvalue weighted by Crippen LogP contribution is 2.34. The largest absolute Gasteiger partial charge is 0.496 e. The summed E-state index contributed by atoms with van der Waals surface area (Å²) < 4.78 is 5.39. The van der Waals surface area contributed by atoms with Crippen LogP contribution in [0.5, 0.6) is 5.75 Å². The van der Waals surface area contributed by atoms with E-state index >= 15 is 0 Å². The molecule has 0 aliphatic heterocycles. The predicted molar refractivity (Wildman–Crippen MR) is 75.8 cm³/mol. The minimum atomic E-state index is 0.00517. The van der Waals surface area contributed by atoms with Crippen molar-refractivity contribution in [2.75, 3.05) is 12.9 Å². The zero-order valence-corrected chi connectivity index (χ0v) is 12.0. The molecule has 2 N–H and O–H groups in total. The molecule has 0 fully saturated rings. The van der Waals surface area contributed by atoms with Crippen LogP contribution >= 0.6 is 11.8 Å². The number of methoxy groups -OCH3 is 1. The Labute approximate surface area is 109 Å². The highest BCUT2D eigenvalue weighted by molar-refractivity contribution is 7.99. The number of ether oxygens (including phenoxy) is 1. The van der Waals surface area contributed by atoms with E-state index in [9.17, 15) is 0 Å². The number of rotatable bonds is 6. The van der Waals surface area contributed by atoms with Crippen molar-refractivity contribution in [2.45, 2.75) is 38.1 Å². The van der Waals surface area contributed by atoms with Crippen molar-refractivity contribution in [3.63, 3.8) is 0 Å². The molecule has 2 nitrogen and oxygen atoms in total. The highest BCUT2D eigenvalue weighted by atomic mass is 32.2. The van der Waals surface area contributed by atoms with E-state index in [-0.39, 0.29) is 6.04 Å². The Morgan fingerprint density at radius 3 is 2.59 bits per heavy atom. The van der Waals surface area contributed by atoms with Crippen LogP contribution in [0, 0.1) is 5.92 Å². The predicted octanol–water partition coefficient (Wildman–Crippen LogP) is 3.85. The van der Waals surface area contributed by atoms with E-state index in [1.54, 1.807) is 7.11 Å². The number of hydrogen-bond donors (Lipinski definition) is 1. The summed E-state index contributed by atoms with van der Waals surface area (Å²) in [6, 6.07) is 6.15. The lowest BCUT2D eigenvalue weighted by Gasteiger charge is -2.17. The van der Waals surface area contributed by atoms with Gasteiger partial charge in [0.05, 0.1) is 7.11 Å². The fourth-order valence-electron chi connectivity index (χ4n) is 1.63. The molecule has 0 aliphatic rings. The lowest BCUT2D eigenvalue weighted by Crippen LogP contribution is -2.09. The second-order valence-corrected chi connectivity index (χ2v) is 5.55. The van der Waals surface area contributed by atoms with Gasteiger partial charge in [0, 0.05) is 22.3 Å². The zero-order chi connectivity index (χ0) is 12.8. The van der Waals surface area contributed by atoms with E-state index in [1.165, 1.54) is 11.3 Å². The third-order valence-corrected chi connectivity index (χ3v) is 4.32. The van der Waals surface area contributed by atoms with Gasteiger partial charge in [-0.15, -0.1) is 11.8 Å². The zero-order valence-electron chi connectivity index (χ0n) is 11.2. The summed E-state index contributed by atoms with van der Waals surface area (Å²) in [6.45, 7) is 6.51. The van der Waals surface area contributed by atoms with Gasteiger partial charge < -0.3 is 10.5 Å². The van der Waals surface area contributed by atoms with Crippen molar-refractivity contribution >= 4 is 11.8 Å². The van der Waals surface area contributed by atoms with Gasteiger partial charge in [0.2, 0.25) is 0 Å². The molecule has 0 aromatic heterocycles. The van der Waals surface area contributed by atoms with E-state index in [0.717, 1.165) is 23.0 Å². The Bertz CT molecular complexity index is 352. The molecule has 1 aromatic carbocycles. The van der Waals surface area contributed by atoms with E-state index in [0.29, 0.717) is 0 Å². The maximum Gasteiger partial charge on any atom is 0.124 e. The van der Waals surface area contributed by atoms with Crippen LogP contribution in [0.3, 0.4) is 0 Å². The molecule has 0 spiro atoms. The normalized spacial score (nSPS) is 14.4. The highest BCUT2D eigenvalue weighted by Gasteiger charge is 2.13. The second-order valence-electron chi connectivity index (χ2n) is 4.49. The quantitative estimate of drug-likeness (QED) is 0.782. The average Bonchev–Trinajstić information content (AvgIpc) is 2.34. The molecule has 2 atom stereocenters. The molecular weight excluding hydrogens is 230 g/mol. The molecule has 1 rings (SSSR count). The molecule has 0 amide bonds. The minimum Gasteiger partial charge on any atom is -0.496 e. The molecule has 0 aliphatic carbocycles. The van der Waals surface area contributed by atoms with Crippen molar-refractivity contribution in [2.24, 2.45) is 11.7 Å². The third-order valence-electron chi connectivity index (χ3n) is 2.92. The van der Waals surface area contributed by atoms with Crippen LogP contribution < -0.4 is 10.5 Å². The number of hydrogen-bond acceptors (Lipinski definition) is 3. The molecule has 17 heavy (non-hydrogen) atoms. The van der Waals surface area contributed by atoms with Gasteiger partial charge in [0.25, 0.3) is 0 Å². The van der Waals surface area contributed by atoms with Crippen molar-refractivity contribution < 1.29 is 4.74 Å². The second kappa shape index (κ2) is 6.92. The maximum absolute atomic E-state index is 6.04. The average molecular weight is 253 g/mol. The number of benzene rings is 1. The van der Waals surface area contributed by atoms with Gasteiger partial charge in [-0.1, -0.05) is 26.3 Å². The van der Waals surface area contributed by atoms with Gasteiger partial charge in [-0.3, -0.25) is 0 Å². The summed E-state index contributed by atoms with van der Waals surface area (Å²) in [7, 11) is 1.70. The topological polar surface area (TPSA) is 35.2 Å². The van der Waals surface area contributed by atoms with Gasteiger partial charge in [-0.2, -0.15) is 0 Å². The van der Waals surface area contributed by atoms with Crippen LogP contribution in [0.25, 0.3) is 0 Å². The fourth-order valence-corrected chi connectivity index (χ4v) is 2.94. The number of thioether (sulfide) groups is 1. The van der Waals surface area contributed by atoms with E-state index in [1.807, 2.05) is 30.8 Å². The Balaban J connectivity index is 2.90. The molecule has 0 saturated heterocycles. The lowest BCUT2D eigenvalue weighted by atomic mass is 10.1. The van der Waals surface area contributed by atoms with Crippen LogP contribution in [-0.2, 0) is 0 Å². The summed E-state index contributed by atoms with van der Waals surface area (Å²) in [4.78, 5) is 1.25. The monoisotopic (exact) mass is 253 g/mol. The summed E-state index contributed by atoms with van der Waals surface area (Å²) in [6.07, 6.45) is 1.21. The Morgan fingerprint density at radius 1 is 1.35 bits per heavy atom. The summed E-state index contributed by atoms with van der Waals surface area (Å²) in [5, 5.41) is 0. The molecule has 0 saturated carbocycles. The lowest BCUT2D eigenvalue weighted by molar-refractivity contribution is 0.405. The molecule has 0 radical (unpaired) electrons. The van der Waals surface area contributed by atoms with Crippen molar-refractivity contribution in [1.82, 2.24) is 0 Å². The van der Waals surface area contributed by atoms with Crippen molar-refractivity contribution in [3.8, 4) is 5.75 Å². The van der Waals surface area contributed by atoms with Gasteiger partial charge in [0.1, 0.15) is 5.75 Å². The van der Waals surface area contributed by atoms with E-state index < -0.39 is 0 Å². The Hall–Kier alpha value is -0.670. The standard InChI is InChI=1S/C14H23NOS/c1-5-10(2)9-17-13-8-6-7-12(16-4)14(13)11(3)15/h6-8,10-11H,5,9,15H2,1-4H3/t10?,11-/m1/s1. The van der Waals surface area contributed by atoms with Crippen LogP contribution in [0.4, 0.5) is 0 Å².